The maximum atomic E-state index is 2.54. The van der Waals surface area contributed by atoms with Crippen molar-refractivity contribution in [1.29, 1.82) is 0 Å². The molecule has 45 heavy (non-hydrogen) atoms. The van der Waals surface area contributed by atoms with E-state index in [0.29, 0.717) is 0 Å². The van der Waals surface area contributed by atoms with Crippen molar-refractivity contribution in [3.05, 3.63) is 47.5 Å². The molecule has 6 heteroatoms. The van der Waals surface area contributed by atoms with Crippen LogP contribution < -0.4 is 9.00 Å². The maximum absolute atomic E-state index is 2.54. The van der Waals surface area contributed by atoms with Crippen LogP contribution in [0.1, 0.15) is 101 Å². The molecular weight excluding hydrogens is 653 g/mol. The Morgan fingerprint density at radius 1 is 0.511 bits per heavy atom. The Balaban J connectivity index is 1.60. The molecule has 0 saturated heterocycles. The van der Waals surface area contributed by atoms with Gasteiger partial charge in [0.15, 0.2) is 0 Å². The van der Waals surface area contributed by atoms with Gasteiger partial charge in [0.05, 0.1) is 0 Å². The number of rotatable bonds is 11. The topological polar surface area (TPSA) is 0 Å². The van der Waals surface area contributed by atoms with Crippen molar-refractivity contribution < 1.29 is 0 Å². The van der Waals surface area contributed by atoms with Crippen LogP contribution in [0.25, 0.3) is 39.7 Å². The Bertz CT molecular complexity index is 1740. The van der Waals surface area contributed by atoms with E-state index in [1.807, 2.05) is 22.7 Å². The van der Waals surface area contributed by atoms with E-state index >= 15 is 0 Å². The Kier molecular flexibility index (Phi) is 10.3. The highest BCUT2D eigenvalue weighted by molar-refractivity contribution is 7.34. The van der Waals surface area contributed by atoms with Crippen LogP contribution in [-0.4, -0.2) is 16.1 Å². The molecule has 0 spiro atoms. The quantitative estimate of drug-likeness (QED) is 0.120. The summed E-state index contributed by atoms with van der Waals surface area (Å²) >= 11 is 8.29. The SMILES string of the molecule is CCc1c(-c2ccc([Si](C(C)C)(C(C)C)C(C)C)s2)sc2cc3c(C)c(-c4ccc([Si](C(C)C)(C(C)C)C(C)C)s4)sc3cc12. The van der Waals surface area contributed by atoms with Crippen LogP contribution in [0.15, 0.2) is 36.4 Å². The average Bonchev–Trinajstić information content (AvgIpc) is 3.73. The van der Waals surface area contributed by atoms with Gasteiger partial charge in [-0.05, 0) is 102 Å². The molecule has 4 aromatic heterocycles. The van der Waals surface area contributed by atoms with Crippen LogP contribution in [0.2, 0.25) is 33.2 Å². The second-order valence-electron chi connectivity index (χ2n) is 15.3. The third-order valence-electron chi connectivity index (χ3n) is 11.4. The molecule has 0 aliphatic rings. The van der Waals surface area contributed by atoms with E-state index in [0.717, 1.165) is 39.7 Å². The average molecular weight is 709 g/mol. The first-order valence-corrected chi connectivity index (χ1v) is 25.1. The Labute approximate surface area is 292 Å². The van der Waals surface area contributed by atoms with Crippen molar-refractivity contribution in [2.75, 3.05) is 0 Å². The fourth-order valence-electron chi connectivity index (χ4n) is 9.74. The molecule has 0 amide bonds. The van der Waals surface area contributed by atoms with Gasteiger partial charge < -0.3 is 0 Å². The molecule has 0 aliphatic heterocycles. The van der Waals surface area contributed by atoms with Crippen molar-refractivity contribution in [3.63, 3.8) is 0 Å². The highest BCUT2D eigenvalue weighted by Gasteiger charge is 2.46. The summed E-state index contributed by atoms with van der Waals surface area (Å²) in [5, 5.41) is 2.93. The van der Waals surface area contributed by atoms with E-state index in [2.05, 4.69) is 156 Å². The molecule has 0 bridgehead atoms. The zero-order valence-corrected chi connectivity index (χ0v) is 35.5. The number of benzene rings is 1. The van der Waals surface area contributed by atoms with Gasteiger partial charge in [0.2, 0.25) is 0 Å². The van der Waals surface area contributed by atoms with Crippen LogP contribution in [0.3, 0.4) is 0 Å². The molecule has 5 rings (SSSR count). The second-order valence-corrected chi connectivity index (χ2v) is 32.0. The summed E-state index contributed by atoms with van der Waals surface area (Å²) in [4.78, 5) is 5.96. The minimum atomic E-state index is -1.66. The van der Waals surface area contributed by atoms with Crippen molar-refractivity contribution in [1.82, 2.24) is 0 Å². The van der Waals surface area contributed by atoms with E-state index in [9.17, 15) is 0 Å². The standard InChI is InChI=1S/C39H56S4Si2/c1-15-29-31-21-34-30(28(14)38(42-34)32-16-18-36(40-32)44(22(2)3,23(4)5)24(6)7)20-35(31)43-39(29)33-17-19-37(41-33)45(25(8)9,26(10)11)27(12)13/h16-27H,15H2,1-14H3. The fourth-order valence-corrected chi connectivity index (χ4v) is 32.6. The molecule has 5 aromatic rings. The summed E-state index contributed by atoms with van der Waals surface area (Å²) in [6.07, 6.45) is 1.08. The molecule has 0 aliphatic carbocycles. The minimum Gasteiger partial charge on any atom is -0.144 e. The Morgan fingerprint density at radius 3 is 1.31 bits per heavy atom. The minimum absolute atomic E-state index is 0.736. The Morgan fingerprint density at radius 2 is 0.889 bits per heavy atom. The number of hydrogen-bond acceptors (Lipinski definition) is 4. The molecule has 0 unspecified atom stereocenters. The lowest BCUT2D eigenvalue weighted by Gasteiger charge is -2.42. The lowest BCUT2D eigenvalue weighted by Crippen LogP contribution is -2.54. The van der Waals surface area contributed by atoms with Gasteiger partial charge in [-0.25, -0.2) is 0 Å². The third kappa shape index (κ3) is 5.46. The first-order valence-electron chi connectivity index (χ1n) is 17.3. The summed E-state index contributed by atoms with van der Waals surface area (Å²) in [5.41, 5.74) is 7.43. The van der Waals surface area contributed by atoms with Crippen LogP contribution in [0.5, 0.6) is 0 Å². The monoisotopic (exact) mass is 708 g/mol. The molecule has 244 valence electrons. The molecule has 0 nitrogen and oxygen atoms in total. The summed E-state index contributed by atoms with van der Waals surface area (Å²) in [7, 11) is -3.31. The first-order chi connectivity index (χ1) is 21.1. The van der Waals surface area contributed by atoms with E-state index in [1.165, 1.54) is 45.2 Å². The molecular formula is C39H56S4Si2. The maximum Gasteiger partial charge on any atom is 0.107 e. The van der Waals surface area contributed by atoms with Crippen LogP contribution >= 0.6 is 45.3 Å². The van der Waals surface area contributed by atoms with Crippen LogP contribution in [0.4, 0.5) is 0 Å². The molecule has 0 fully saturated rings. The molecule has 0 atom stereocenters. The van der Waals surface area contributed by atoms with Gasteiger partial charge in [0.1, 0.15) is 16.1 Å². The van der Waals surface area contributed by atoms with Gasteiger partial charge >= 0.3 is 0 Å². The summed E-state index contributed by atoms with van der Waals surface area (Å²) in [6.45, 7) is 34.5. The molecule has 0 N–H and O–H groups in total. The van der Waals surface area contributed by atoms with E-state index in [1.54, 1.807) is 14.6 Å². The number of thiophene rings is 4. The summed E-state index contributed by atoms with van der Waals surface area (Å²) in [5.74, 6) is 0. The fraction of sp³-hybridized carbons (Fsp3) is 0.538. The third-order valence-corrected chi connectivity index (χ3v) is 32.3. The zero-order valence-electron chi connectivity index (χ0n) is 30.3. The number of fused-ring (bicyclic) bond motifs is 2. The van der Waals surface area contributed by atoms with Gasteiger partial charge in [0, 0.05) is 28.9 Å². The number of aryl methyl sites for hydroxylation is 2. The van der Waals surface area contributed by atoms with E-state index in [-0.39, 0.29) is 0 Å². The second kappa shape index (κ2) is 13.1. The largest absolute Gasteiger partial charge is 0.144 e. The van der Waals surface area contributed by atoms with Crippen molar-refractivity contribution in [3.8, 4) is 19.5 Å². The highest BCUT2D eigenvalue weighted by Crippen LogP contribution is 2.49. The van der Waals surface area contributed by atoms with Gasteiger partial charge in [-0.15, -0.1) is 45.3 Å². The lowest BCUT2D eigenvalue weighted by molar-refractivity contribution is 0.837. The van der Waals surface area contributed by atoms with Crippen molar-refractivity contribution in [2.45, 2.75) is 137 Å². The van der Waals surface area contributed by atoms with Gasteiger partial charge in [-0.1, -0.05) is 102 Å². The van der Waals surface area contributed by atoms with E-state index in [4.69, 9.17) is 0 Å². The summed E-state index contributed by atoms with van der Waals surface area (Å²) in [6, 6.07) is 15.0. The predicted octanol–water partition coefficient (Wildman–Crippen LogP) is 14.2. The van der Waals surface area contributed by atoms with Gasteiger partial charge in [0.25, 0.3) is 0 Å². The van der Waals surface area contributed by atoms with Gasteiger partial charge in [-0.2, -0.15) is 0 Å². The molecule has 0 radical (unpaired) electrons. The Hall–Kier alpha value is -1.03. The highest BCUT2D eigenvalue weighted by atomic mass is 32.1. The van der Waals surface area contributed by atoms with Crippen molar-refractivity contribution in [2.24, 2.45) is 0 Å². The molecule has 4 heterocycles. The summed E-state index contributed by atoms with van der Waals surface area (Å²) < 4.78 is 6.30. The predicted molar refractivity (Wildman–Crippen MR) is 219 cm³/mol. The normalized spacial score (nSPS) is 13.5. The van der Waals surface area contributed by atoms with Crippen molar-refractivity contribution >= 4 is 90.7 Å². The van der Waals surface area contributed by atoms with Gasteiger partial charge in [-0.3, -0.25) is 0 Å². The van der Waals surface area contributed by atoms with Crippen LogP contribution in [-0.2, 0) is 6.42 Å². The van der Waals surface area contributed by atoms with E-state index < -0.39 is 16.1 Å². The first kappa shape index (κ1) is 35.3. The number of hydrogen-bond donors (Lipinski definition) is 0. The lowest BCUT2D eigenvalue weighted by atomic mass is 10.0. The van der Waals surface area contributed by atoms with Crippen LogP contribution in [0, 0.1) is 6.92 Å². The molecule has 0 saturated carbocycles. The smallest absolute Gasteiger partial charge is 0.107 e. The molecule has 1 aromatic carbocycles. The zero-order chi connectivity index (χ0) is 33.2.